The fourth-order valence-corrected chi connectivity index (χ4v) is 2.07. The fourth-order valence-electron chi connectivity index (χ4n) is 1.26. The second-order valence-electron chi connectivity index (χ2n) is 3.46. The second-order valence-corrected chi connectivity index (χ2v) is 4.53. The van der Waals surface area contributed by atoms with Crippen molar-refractivity contribution < 1.29 is 9.18 Å². The van der Waals surface area contributed by atoms with E-state index >= 15 is 0 Å². The summed E-state index contributed by atoms with van der Waals surface area (Å²) in [7, 11) is 0. The highest BCUT2D eigenvalue weighted by Crippen LogP contribution is 2.23. The number of aromatic nitrogens is 1. The van der Waals surface area contributed by atoms with Crippen LogP contribution in [0.5, 0.6) is 0 Å². The molecule has 1 aromatic rings. The van der Waals surface area contributed by atoms with Gasteiger partial charge < -0.3 is 5.32 Å². The molecule has 1 fully saturated rings. The van der Waals surface area contributed by atoms with E-state index in [9.17, 15) is 9.18 Å². The van der Waals surface area contributed by atoms with E-state index in [0.717, 1.165) is 11.5 Å². The van der Waals surface area contributed by atoms with Gasteiger partial charge in [0.1, 0.15) is 5.69 Å². The lowest BCUT2D eigenvalue weighted by Crippen LogP contribution is -2.35. The number of hydrogen-bond acceptors (Lipinski definition) is 3. The van der Waals surface area contributed by atoms with Gasteiger partial charge >= 0.3 is 0 Å². The SMILES string of the molecule is O=C(NCC1CSC1)c1cccc(F)n1. The molecule has 1 amide bonds. The van der Waals surface area contributed by atoms with Gasteiger partial charge in [-0.05, 0) is 29.6 Å². The van der Waals surface area contributed by atoms with Crippen molar-refractivity contribution in [3.8, 4) is 0 Å². The Kier molecular flexibility index (Phi) is 3.20. The molecule has 1 aliphatic rings. The summed E-state index contributed by atoms with van der Waals surface area (Å²) in [4.78, 5) is 15.0. The first-order valence-corrected chi connectivity index (χ1v) is 5.89. The van der Waals surface area contributed by atoms with Crippen LogP contribution in [0.4, 0.5) is 4.39 Å². The summed E-state index contributed by atoms with van der Waals surface area (Å²) in [6.45, 7) is 0.657. The lowest BCUT2D eigenvalue weighted by Gasteiger charge is -2.24. The minimum Gasteiger partial charge on any atom is -0.350 e. The Morgan fingerprint density at radius 1 is 1.60 bits per heavy atom. The highest BCUT2D eigenvalue weighted by molar-refractivity contribution is 8.00. The Hall–Kier alpha value is -1.10. The normalized spacial score (nSPS) is 15.8. The Bertz CT molecular complexity index is 368. The number of rotatable bonds is 3. The summed E-state index contributed by atoms with van der Waals surface area (Å²) in [6, 6.07) is 4.21. The topological polar surface area (TPSA) is 42.0 Å². The summed E-state index contributed by atoms with van der Waals surface area (Å²) in [6.07, 6.45) is 0. The maximum Gasteiger partial charge on any atom is 0.270 e. The van der Waals surface area contributed by atoms with Crippen LogP contribution in [0.3, 0.4) is 0 Å². The van der Waals surface area contributed by atoms with Gasteiger partial charge in [-0.2, -0.15) is 16.2 Å². The Labute approximate surface area is 91.5 Å². The van der Waals surface area contributed by atoms with E-state index in [1.165, 1.54) is 18.2 Å². The van der Waals surface area contributed by atoms with E-state index in [1.54, 1.807) is 0 Å². The predicted octanol–water partition coefficient (Wildman–Crippen LogP) is 1.31. The van der Waals surface area contributed by atoms with Gasteiger partial charge in [-0.1, -0.05) is 6.07 Å². The maximum absolute atomic E-state index is 12.7. The third kappa shape index (κ3) is 2.68. The Morgan fingerprint density at radius 2 is 2.40 bits per heavy atom. The largest absolute Gasteiger partial charge is 0.350 e. The molecule has 0 aromatic carbocycles. The van der Waals surface area contributed by atoms with Crippen LogP contribution in [0, 0.1) is 11.9 Å². The monoisotopic (exact) mass is 226 g/mol. The summed E-state index contributed by atoms with van der Waals surface area (Å²) in [5.74, 6) is 1.83. The van der Waals surface area contributed by atoms with Gasteiger partial charge in [-0.3, -0.25) is 4.79 Å². The molecule has 0 atom stereocenters. The molecule has 2 heterocycles. The molecule has 5 heteroatoms. The summed E-state index contributed by atoms with van der Waals surface area (Å²) >= 11 is 1.87. The van der Waals surface area contributed by atoms with E-state index in [2.05, 4.69) is 10.3 Å². The van der Waals surface area contributed by atoms with E-state index in [4.69, 9.17) is 0 Å². The van der Waals surface area contributed by atoms with Crippen LogP contribution in [0.1, 0.15) is 10.5 Å². The van der Waals surface area contributed by atoms with Crippen LogP contribution < -0.4 is 5.32 Å². The minimum atomic E-state index is -0.623. The highest BCUT2D eigenvalue weighted by atomic mass is 32.2. The van der Waals surface area contributed by atoms with E-state index in [-0.39, 0.29) is 11.6 Å². The van der Waals surface area contributed by atoms with Crippen molar-refractivity contribution >= 4 is 17.7 Å². The van der Waals surface area contributed by atoms with Gasteiger partial charge in [0.25, 0.3) is 5.91 Å². The first-order valence-electron chi connectivity index (χ1n) is 4.74. The standard InChI is InChI=1S/C10H11FN2OS/c11-9-3-1-2-8(13-9)10(14)12-4-7-5-15-6-7/h1-3,7H,4-6H2,(H,12,14). The van der Waals surface area contributed by atoms with Crippen molar-refractivity contribution in [2.75, 3.05) is 18.1 Å². The van der Waals surface area contributed by atoms with Crippen LogP contribution >= 0.6 is 11.8 Å². The smallest absolute Gasteiger partial charge is 0.270 e. The van der Waals surface area contributed by atoms with Gasteiger partial charge in [0.05, 0.1) is 0 Å². The summed E-state index contributed by atoms with van der Waals surface area (Å²) in [5.41, 5.74) is 0.141. The molecule has 0 aliphatic carbocycles. The van der Waals surface area contributed by atoms with Crippen LogP contribution in [-0.2, 0) is 0 Å². The molecule has 1 saturated heterocycles. The zero-order valence-corrected chi connectivity index (χ0v) is 8.89. The Morgan fingerprint density at radius 3 is 3.00 bits per heavy atom. The molecule has 1 N–H and O–H groups in total. The number of amides is 1. The zero-order chi connectivity index (χ0) is 10.7. The van der Waals surface area contributed by atoms with Gasteiger partial charge in [0, 0.05) is 6.54 Å². The summed E-state index contributed by atoms with van der Waals surface area (Å²) < 4.78 is 12.7. The van der Waals surface area contributed by atoms with Crippen LogP contribution in [0.25, 0.3) is 0 Å². The molecule has 1 aromatic heterocycles. The van der Waals surface area contributed by atoms with E-state index < -0.39 is 5.95 Å². The van der Waals surface area contributed by atoms with Crippen LogP contribution in [0.2, 0.25) is 0 Å². The number of nitrogens with zero attached hydrogens (tertiary/aromatic N) is 1. The van der Waals surface area contributed by atoms with Crippen molar-refractivity contribution in [1.29, 1.82) is 0 Å². The molecular formula is C10H11FN2OS. The molecule has 0 unspecified atom stereocenters. The molecule has 1 aliphatic heterocycles. The zero-order valence-electron chi connectivity index (χ0n) is 8.07. The molecule has 2 rings (SSSR count). The molecular weight excluding hydrogens is 215 g/mol. The second kappa shape index (κ2) is 4.61. The lowest BCUT2D eigenvalue weighted by atomic mass is 10.2. The van der Waals surface area contributed by atoms with Gasteiger partial charge in [0.15, 0.2) is 0 Å². The van der Waals surface area contributed by atoms with Crippen molar-refractivity contribution in [2.24, 2.45) is 5.92 Å². The van der Waals surface area contributed by atoms with Crippen LogP contribution in [-0.4, -0.2) is 28.9 Å². The molecule has 0 radical (unpaired) electrons. The predicted molar refractivity (Wildman–Crippen MR) is 57.3 cm³/mol. The molecule has 80 valence electrons. The average molecular weight is 226 g/mol. The van der Waals surface area contributed by atoms with E-state index in [1.807, 2.05) is 11.8 Å². The van der Waals surface area contributed by atoms with Gasteiger partial charge in [-0.15, -0.1) is 0 Å². The fraction of sp³-hybridized carbons (Fsp3) is 0.400. The molecule has 0 saturated carbocycles. The van der Waals surface area contributed by atoms with Gasteiger partial charge in [-0.25, -0.2) is 4.98 Å². The van der Waals surface area contributed by atoms with Gasteiger partial charge in [0.2, 0.25) is 5.95 Å². The van der Waals surface area contributed by atoms with Crippen molar-refractivity contribution in [1.82, 2.24) is 10.3 Å². The molecule has 3 nitrogen and oxygen atoms in total. The molecule has 15 heavy (non-hydrogen) atoms. The number of hydrogen-bond donors (Lipinski definition) is 1. The minimum absolute atomic E-state index is 0.141. The Balaban J connectivity index is 1.89. The number of pyridine rings is 1. The molecule has 0 spiro atoms. The van der Waals surface area contributed by atoms with E-state index in [0.29, 0.717) is 12.5 Å². The van der Waals surface area contributed by atoms with Crippen molar-refractivity contribution in [3.63, 3.8) is 0 Å². The highest BCUT2D eigenvalue weighted by Gasteiger charge is 2.19. The van der Waals surface area contributed by atoms with Crippen LogP contribution in [0.15, 0.2) is 18.2 Å². The average Bonchev–Trinajstić information content (AvgIpc) is 2.15. The number of carbonyl (C=O) groups excluding carboxylic acids is 1. The maximum atomic E-state index is 12.7. The molecule has 0 bridgehead atoms. The summed E-state index contributed by atoms with van der Waals surface area (Å²) in [5, 5.41) is 2.75. The first kappa shape index (κ1) is 10.4. The van der Waals surface area contributed by atoms with Crippen molar-refractivity contribution in [2.45, 2.75) is 0 Å². The van der Waals surface area contributed by atoms with Crippen molar-refractivity contribution in [3.05, 3.63) is 29.8 Å². The quantitative estimate of drug-likeness (QED) is 0.790. The first-order chi connectivity index (χ1) is 7.25. The third-order valence-corrected chi connectivity index (χ3v) is 3.62. The number of carbonyl (C=O) groups is 1. The number of halogens is 1. The number of thioether (sulfide) groups is 1. The third-order valence-electron chi connectivity index (χ3n) is 2.21. The number of nitrogens with one attached hydrogen (secondary N) is 1. The lowest BCUT2D eigenvalue weighted by molar-refractivity contribution is 0.0943.